The Hall–Kier alpha value is -1.23. The van der Waals surface area contributed by atoms with Gasteiger partial charge in [-0.25, -0.2) is 4.79 Å². The van der Waals surface area contributed by atoms with E-state index in [2.05, 4.69) is 51.3 Å². The van der Waals surface area contributed by atoms with Crippen LogP contribution >= 0.6 is 15.9 Å². The molecular formula is C19H28BrN3O. The molecule has 1 heterocycles. The lowest BCUT2D eigenvalue weighted by molar-refractivity contribution is 0.189. The summed E-state index contributed by atoms with van der Waals surface area (Å²) in [6.45, 7) is 5.52. The summed E-state index contributed by atoms with van der Waals surface area (Å²) in [7, 11) is 0. The molecule has 1 aromatic carbocycles. The number of piperazine rings is 1. The van der Waals surface area contributed by atoms with Gasteiger partial charge < -0.3 is 15.1 Å². The lowest BCUT2D eigenvalue weighted by atomic mass is 10.1. The molecule has 2 aliphatic rings. The van der Waals surface area contributed by atoms with Gasteiger partial charge >= 0.3 is 6.03 Å². The van der Waals surface area contributed by atoms with E-state index in [1.807, 2.05) is 4.90 Å². The zero-order chi connectivity index (χ0) is 16.9. The molecule has 1 saturated heterocycles. The molecule has 0 radical (unpaired) electrons. The van der Waals surface area contributed by atoms with Crippen molar-refractivity contribution in [3.63, 3.8) is 0 Å². The molecule has 0 unspecified atom stereocenters. The minimum absolute atomic E-state index is 0.133. The van der Waals surface area contributed by atoms with Gasteiger partial charge in [0.15, 0.2) is 0 Å². The van der Waals surface area contributed by atoms with Crippen LogP contribution in [0.4, 0.5) is 10.5 Å². The molecule has 2 fully saturated rings. The fourth-order valence-corrected chi connectivity index (χ4v) is 3.93. The maximum Gasteiger partial charge on any atom is 0.317 e. The van der Waals surface area contributed by atoms with Gasteiger partial charge in [-0.1, -0.05) is 41.6 Å². The van der Waals surface area contributed by atoms with Crippen molar-refractivity contribution in [2.45, 2.75) is 51.5 Å². The summed E-state index contributed by atoms with van der Waals surface area (Å²) in [4.78, 5) is 16.9. The number of hydrogen-bond acceptors (Lipinski definition) is 2. The first-order valence-electron chi connectivity index (χ1n) is 9.20. The summed E-state index contributed by atoms with van der Waals surface area (Å²) in [6.07, 6.45) is 7.42. The molecule has 0 spiro atoms. The Morgan fingerprint density at radius 2 is 1.75 bits per heavy atom. The highest BCUT2D eigenvalue weighted by Gasteiger charge is 2.23. The number of urea groups is 1. The van der Waals surface area contributed by atoms with Crippen LogP contribution in [0, 0.1) is 6.92 Å². The summed E-state index contributed by atoms with van der Waals surface area (Å²) in [6, 6.07) is 6.99. The number of anilines is 1. The monoisotopic (exact) mass is 393 g/mol. The first-order valence-corrected chi connectivity index (χ1v) is 9.99. The second kappa shape index (κ2) is 8.24. The molecule has 3 rings (SSSR count). The van der Waals surface area contributed by atoms with Crippen LogP contribution in [0.5, 0.6) is 0 Å². The fraction of sp³-hybridized carbons (Fsp3) is 0.632. The van der Waals surface area contributed by atoms with Crippen LogP contribution in [-0.4, -0.2) is 43.2 Å². The average molecular weight is 394 g/mol. The molecule has 5 heteroatoms. The molecular weight excluding hydrogens is 366 g/mol. The zero-order valence-corrected chi connectivity index (χ0v) is 16.1. The van der Waals surface area contributed by atoms with E-state index in [1.54, 1.807) is 0 Å². The van der Waals surface area contributed by atoms with E-state index < -0.39 is 0 Å². The largest absolute Gasteiger partial charge is 0.368 e. The van der Waals surface area contributed by atoms with E-state index in [1.165, 1.54) is 36.9 Å². The molecule has 1 saturated carbocycles. The normalized spacial score (nSPS) is 19.9. The van der Waals surface area contributed by atoms with E-state index >= 15 is 0 Å². The Labute approximate surface area is 153 Å². The minimum Gasteiger partial charge on any atom is -0.368 e. The summed E-state index contributed by atoms with van der Waals surface area (Å²) in [5.74, 6) is 0. The van der Waals surface area contributed by atoms with Gasteiger partial charge in [-0.3, -0.25) is 0 Å². The van der Waals surface area contributed by atoms with Crippen molar-refractivity contribution < 1.29 is 4.79 Å². The van der Waals surface area contributed by atoms with Crippen molar-refractivity contribution in [2.75, 3.05) is 31.1 Å². The van der Waals surface area contributed by atoms with Crippen LogP contribution in [-0.2, 0) is 0 Å². The fourth-order valence-electron chi connectivity index (χ4n) is 3.68. The number of benzene rings is 1. The van der Waals surface area contributed by atoms with Gasteiger partial charge in [-0.05, 0) is 43.5 Å². The summed E-state index contributed by atoms with van der Waals surface area (Å²) in [5.41, 5.74) is 2.50. The van der Waals surface area contributed by atoms with E-state index in [4.69, 9.17) is 0 Å². The third-order valence-electron chi connectivity index (χ3n) is 5.26. The Morgan fingerprint density at radius 3 is 2.38 bits per heavy atom. The third kappa shape index (κ3) is 4.44. The maximum atomic E-state index is 12.5. The molecule has 1 N–H and O–H groups in total. The Bertz CT molecular complexity index is 562. The molecule has 1 aliphatic heterocycles. The van der Waals surface area contributed by atoms with Gasteiger partial charge in [-0.15, -0.1) is 0 Å². The van der Waals surface area contributed by atoms with E-state index in [-0.39, 0.29) is 6.03 Å². The number of rotatable bonds is 2. The minimum atomic E-state index is 0.133. The number of halogens is 1. The second-order valence-electron chi connectivity index (χ2n) is 7.05. The topological polar surface area (TPSA) is 35.6 Å². The van der Waals surface area contributed by atoms with E-state index in [0.29, 0.717) is 6.04 Å². The maximum absolute atomic E-state index is 12.5. The van der Waals surface area contributed by atoms with Crippen molar-refractivity contribution in [3.05, 3.63) is 28.2 Å². The Morgan fingerprint density at radius 1 is 1.08 bits per heavy atom. The molecule has 132 valence electrons. The Kier molecular flexibility index (Phi) is 6.04. The highest BCUT2D eigenvalue weighted by molar-refractivity contribution is 9.10. The lowest BCUT2D eigenvalue weighted by Gasteiger charge is -2.37. The highest BCUT2D eigenvalue weighted by Crippen LogP contribution is 2.24. The SMILES string of the molecule is Cc1cc(N2CCN(C(=O)NC3CCCCCC3)CC2)ccc1Br. The first-order chi connectivity index (χ1) is 11.6. The second-order valence-corrected chi connectivity index (χ2v) is 7.90. The lowest BCUT2D eigenvalue weighted by Crippen LogP contribution is -2.53. The number of hydrogen-bond donors (Lipinski definition) is 1. The number of carbonyl (C=O) groups is 1. The third-order valence-corrected chi connectivity index (χ3v) is 6.15. The van der Waals surface area contributed by atoms with Crippen molar-refractivity contribution in [2.24, 2.45) is 0 Å². The number of nitrogens with zero attached hydrogens (tertiary/aromatic N) is 2. The molecule has 24 heavy (non-hydrogen) atoms. The van der Waals surface area contributed by atoms with Crippen molar-refractivity contribution in [1.82, 2.24) is 10.2 Å². The molecule has 0 bridgehead atoms. The summed E-state index contributed by atoms with van der Waals surface area (Å²) in [5, 5.41) is 3.26. The molecule has 1 aromatic rings. The van der Waals surface area contributed by atoms with Crippen LogP contribution in [0.2, 0.25) is 0 Å². The van der Waals surface area contributed by atoms with Gasteiger partial charge in [0.1, 0.15) is 0 Å². The van der Waals surface area contributed by atoms with Gasteiger partial charge in [0, 0.05) is 42.4 Å². The number of amides is 2. The summed E-state index contributed by atoms with van der Waals surface area (Å²) < 4.78 is 1.15. The van der Waals surface area contributed by atoms with Crippen LogP contribution < -0.4 is 10.2 Å². The summed E-state index contributed by atoms with van der Waals surface area (Å²) >= 11 is 3.55. The zero-order valence-electron chi connectivity index (χ0n) is 14.6. The van der Waals surface area contributed by atoms with E-state index in [9.17, 15) is 4.79 Å². The van der Waals surface area contributed by atoms with Crippen molar-refractivity contribution in [1.29, 1.82) is 0 Å². The van der Waals surface area contributed by atoms with Crippen LogP contribution in [0.15, 0.2) is 22.7 Å². The molecule has 0 aromatic heterocycles. The quantitative estimate of drug-likeness (QED) is 0.759. The number of nitrogens with one attached hydrogen (secondary N) is 1. The van der Waals surface area contributed by atoms with Crippen LogP contribution in [0.3, 0.4) is 0 Å². The molecule has 4 nitrogen and oxygen atoms in total. The Balaban J connectivity index is 1.50. The van der Waals surface area contributed by atoms with Crippen LogP contribution in [0.25, 0.3) is 0 Å². The molecule has 0 atom stereocenters. The predicted molar refractivity (Wildman–Crippen MR) is 103 cm³/mol. The van der Waals surface area contributed by atoms with Crippen molar-refractivity contribution in [3.8, 4) is 0 Å². The highest BCUT2D eigenvalue weighted by atomic mass is 79.9. The number of carbonyl (C=O) groups excluding carboxylic acids is 1. The van der Waals surface area contributed by atoms with Gasteiger partial charge in [0.2, 0.25) is 0 Å². The van der Waals surface area contributed by atoms with Gasteiger partial charge in [0.05, 0.1) is 0 Å². The van der Waals surface area contributed by atoms with E-state index in [0.717, 1.165) is 43.5 Å². The first kappa shape index (κ1) is 17.6. The average Bonchev–Trinajstić information content (AvgIpc) is 2.86. The van der Waals surface area contributed by atoms with Crippen LogP contribution in [0.1, 0.15) is 44.1 Å². The number of aryl methyl sites for hydroxylation is 1. The molecule has 2 amide bonds. The standard InChI is InChI=1S/C19H28BrN3O/c1-15-14-17(8-9-18(15)20)22-10-12-23(13-11-22)19(24)21-16-6-4-2-3-5-7-16/h8-9,14,16H,2-7,10-13H2,1H3,(H,21,24). The van der Waals surface area contributed by atoms with Crippen molar-refractivity contribution >= 4 is 27.6 Å². The van der Waals surface area contributed by atoms with Gasteiger partial charge in [-0.2, -0.15) is 0 Å². The molecule has 1 aliphatic carbocycles. The van der Waals surface area contributed by atoms with Gasteiger partial charge in [0.25, 0.3) is 0 Å². The smallest absolute Gasteiger partial charge is 0.317 e. The predicted octanol–water partition coefficient (Wildman–Crippen LogP) is 4.31.